The molecule has 0 bridgehead atoms. The molecule has 2 N–H and O–H groups in total. The largest absolute Gasteiger partial charge is 0.497 e. The zero-order chi connectivity index (χ0) is 14.4. The van der Waals surface area contributed by atoms with Crippen LogP contribution in [0, 0.1) is 0 Å². The minimum absolute atomic E-state index is 0.550. The van der Waals surface area contributed by atoms with E-state index >= 15 is 0 Å². The number of hydrogen-bond acceptors (Lipinski definition) is 5. The highest BCUT2D eigenvalue weighted by molar-refractivity contribution is 5.59. The number of ether oxygens (including phenoxy) is 2. The van der Waals surface area contributed by atoms with Crippen molar-refractivity contribution in [3.8, 4) is 11.5 Å². The molecule has 0 spiro atoms. The number of anilines is 1. The van der Waals surface area contributed by atoms with Crippen LogP contribution in [0.5, 0.6) is 11.5 Å². The number of nitrogen functional groups attached to an aromatic ring is 1. The standard InChI is InChI=1S/C15H17N3O2/c1-3-20-15-10-11(16)4-9-14(15)18-17-12-5-7-13(19-2)8-6-12/h4-10H,3,16H2,1-2H3. The third-order valence-electron chi connectivity index (χ3n) is 2.63. The lowest BCUT2D eigenvalue weighted by molar-refractivity contribution is 0.341. The third-order valence-corrected chi connectivity index (χ3v) is 2.63. The fourth-order valence-electron chi connectivity index (χ4n) is 1.64. The fourth-order valence-corrected chi connectivity index (χ4v) is 1.64. The molecule has 0 unspecified atom stereocenters. The van der Waals surface area contributed by atoms with E-state index in [1.54, 1.807) is 25.3 Å². The maximum Gasteiger partial charge on any atom is 0.148 e. The molecule has 20 heavy (non-hydrogen) atoms. The minimum atomic E-state index is 0.550. The summed E-state index contributed by atoms with van der Waals surface area (Å²) in [5.41, 5.74) is 7.76. The Hall–Kier alpha value is -2.56. The average molecular weight is 271 g/mol. The van der Waals surface area contributed by atoms with Gasteiger partial charge in [0.05, 0.1) is 19.4 Å². The highest BCUT2D eigenvalue weighted by Crippen LogP contribution is 2.31. The van der Waals surface area contributed by atoms with Gasteiger partial charge in [-0.1, -0.05) is 0 Å². The van der Waals surface area contributed by atoms with Crippen molar-refractivity contribution in [2.24, 2.45) is 10.2 Å². The van der Waals surface area contributed by atoms with Crippen LogP contribution >= 0.6 is 0 Å². The first-order valence-corrected chi connectivity index (χ1v) is 6.31. The normalized spacial score (nSPS) is 10.7. The Bertz CT molecular complexity index is 595. The first kappa shape index (κ1) is 13.9. The van der Waals surface area contributed by atoms with Gasteiger partial charge in [-0.25, -0.2) is 0 Å². The predicted octanol–water partition coefficient (Wildman–Crippen LogP) is 4.09. The van der Waals surface area contributed by atoms with Crippen LogP contribution < -0.4 is 15.2 Å². The van der Waals surface area contributed by atoms with Gasteiger partial charge in [0.25, 0.3) is 0 Å². The van der Waals surface area contributed by atoms with Crippen LogP contribution in [-0.4, -0.2) is 13.7 Å². The molecule has 5 heteroatoms. The molecule has 2 aromatic rings. The quantitative estimate of drug-likeness (QED) is 0.657. The maximum absolute atomic E-state index is 5.73. The molecule has 0 aliphatic rings. The van der Waals surface area contributed by atoms with E-state index < -0.39 is 0 Å². The monoisotopic (exact) mass is 271 g/mol. The van der Waals surface area contributed by atoms with E-state index in [9.17, 15) is 0 Å². The lowest BCUT2D eigenvalue weighted by Crippen LogP contribution is -1.93. The molecule has 104 valence electrons. The van der Waals surface area contributed by atoms with Gasteiger partial charge < -0.3 is 15.2 Å². The fraction of sp³-hybridized carbons (Fsp3) is 0.200. The Morgan fingerprint density at radius 3 is 2.45 bits per heavy atom. The molecule has 0 heterocycles. The van der Waals surface area contributed by atoms with Crippen molar-refractivity contribution in [2.75, 3.05) is 19.5 Å². The molecule has 0 aliphatic carbocycles. The molecule has 0 fully saturated rings. The van der Waals surface area contributed by atoms with E-state index in [1.807, 2.05) is 31.2 Å². The van der Waals surface area contributed by atoms with E-state index in [4.69, 9.17) is 15.2 Å². The molecule has 0 radical (unpaired) electrons. The van der Waals surface area contributed by atoms with Crippen molar-refractivity contribution in [1.29, 1.82) is 0 Å². The number of azo groups is 1. The van der Waals surface area contributed by atoms with E-state index in [1.165, 1.54) is 0 Å². The first-order valence-electron chi connectivity index (χ1n) is 6.31. The summed E-state index contributed by atoms with van der Waals surface area (Å²) >= 11 is 0. The lowest BCUT2D eigenvalue weighted by Gasteiger charge is -2.06. The van der Waals surface area contributed by atoms with Crippen molar-refractivity contribution in [2.45, 2.75) is 6.92 Å². The van der Waals surface area contributed by atoms with Crippen LogP contribution in [0.2, 0.25) is 0 Å². The molecular formula is C15H17N3O2. The molecular weight excluding hydrogens is 254 g/mol. The Labute approximate surface area is 118 Å². The summed E-state index contributed by atoms with van der Waals surface area (Å²) in [6.07, 6.45) is 0. The Balaban J connectivity index is 2.21. The molecule has 2 aromatic carbocycles. The van der Waals surface area contributed by atoms with Crippen LogP contribution in [0.1, 0.15) is 6.92 Å². The third kappa shape index (κ3) is 3.47. The maximum atomic E-state index is 5.73. The number of rotatable bonds is 5. The predicted molar refractivity (Wildman–Crippen MR) is 79.2 cm³/mol. The lowest BCUT2D eigenvalue weighted by atomic mass is 10.2. The van der Waals surface area contributed by atoms with Crippen LogP contribution in [-0.2, 0) is 0 Å². The number of methoxy groups -OCH3 is 1. The Morgan fingerprint density at radius 2 is 1.80 bits per heavy atom. The van der Waals surface area contributed by atoms with E-state index in [-0.39, 0.29) is 0 Å². The van der Waals surface area contributed by atoms with Crippen molar-refractivity contribution < 1.29 is 9.47 Å². The van der Waals surface area contributed by atoms with Gasteiger partial charge >= 0.3 is 0 Å². The van der Waals surface area contributed by atoms with Gasteiger partial charge in [0.1, 0.15) is 17.2 Å². The summed E-state index contributed by atoms with van der Waals surface area (Å²) in [5.74, 6) is 1.41. The molecule has 0 atom stereocenters. The molecule has 0 amide bonds. The van der Waals surface area contributed by atoms with Crippen LogP contribution in [0.4, 0.5) is 17.1 Å². The second kappa shape index (κ2) is 6.56. The number of nitrogens with zero attached hydrogens (tertiary/aromatic N) is 2. The van der Waals surface area contributed by atoms with E-state index in [2.05, 4.69) is 10.2 Å². The van der Waals surface area contributed by atoms with Crippen LogP contribution in [0.15, 0.2) is 52.7 Å². The zero-order valence-electron chi connectivity index (χ0n) is 11.5. The highest BCUT2D eigenvalue weighted by Gasteiger charge is 2.03. The second-order valence-electron chi connectivity index (χ2n) is 4.06. The second-order valence-corrected chi connectivity index (χ2v) is 4.06. The number of benzene rings is 2. The van der Waals surface area contributed by atoms with Gasteiger partial charge in [-0.3, -0.25) is 0 Å². The van der Waals surface area contributed by atoms with Gasteiger partial charge in [0, 0.05) is 11.8 Å². The number of nitrogens with two attached hydrogens (primary N) is 1. The van der Waals surface area contributed by atoms with Crippen molar-refractivity contribution >= 4 is 17.1 Å². The Morgan fingerprint density at radius 1 is 1.05 bits per heavy atom. The topological polar surface area (TPSA) is 69.2 Å². The molecule has 0 aromatic heterocycles. The van der Waals surface area contributed by atoms with Crippen molar-refractivity contribution in [3.05, 3.63) is 42.5 Å². The summed E-state index contributed by atoms with van der Waals surface area (Å²) in [4.78, 5) is 0. The molecule has 2 rings (SSSR count). The van der Waals surface area contributed by atoms with E-state index in [0.29, 0.717) is 23.7 Å². The van der Waals surface area contributed by atoms with Gasteiger partial charge in [0.15, 0.2) is 0 Å². The molecule has 0 aliphatic heterocycles. The molecule has 0 saturated carbocycles. The molecule has 0 saturated heterocycles. The SMILES string of the molecule is CCOc1cc(N)ccc1N=Nc1ccc(OC)cc1. The van der Waals surface area contributed by atoms with Crippen molar-refractivity contribution in [1.82, 2.24) is 0 Å². The summed E-state index contributed by atoms with van der Waals surface area (Å²) in [6.45, 7) is 2.46. The first-order chi connectivity index (χ1) is 9.72. The van der Waals surface area contributed by atoms with Crippen LogP contribution in [0.3, 0.4) is 0 Å². The van der Waals surface area contributed by atoms with Gasteiger partial charge in [-0.2, -0.15) is 5.11 Å². The summed E-state index contributed by atoms with van der Waals surface area (Å²) in [5, 5.41) is 8.37. The van der Waals surface area contributed by atoms with Crippen LogP contribution in [0.25, 0.3) is 0 Å². The summed E-state index contributed by atoms with van der Waals surface area (Å²) < 4.78 is 10.6. The van der Waals surface area contributed by atoms with Gasteiger partial charge in [0.2, 0.25) is 0 Å². The summed E-state index contributed by atoms with van der Waals surface area (Å²) in [6, 6.07) is 12.6. The van der Waals surface area contributed by atoms with E-state index in [0.717, 1.165) is 11.4 Å². The zero-order valence-corrected chi connectivity index (χ0v) is 11.5. The van der Waals surface area contributed by atoms with Gasteiger partial charge in [-0.05, 0) is 43.3 Å². The minimum Gasteiger partial charge on any atom is -0.497 e. The summed E-state index contributed by atoms with van der Waals surface area (Å²) in [7, 11) is 1.62. The van der Waals surface area contributed by atoms with Crippen molar-refractivity contribution in [3.63, 3.8) is 0 Å². The van der Waals surface area contributed by atoms with Gasteiger partial charge in [-0.15, -0.1) is 5.11 Å². The average Bonchev–Trinajstić information content (AvgIpc) is 2.47. The molecule has 5 nitrogen and oxygen atoms in total. The highest BCUT2D eigenvalue weighted by atomic mass is 16.5. The smallest absolute Gasteiger partial charge is 0.148 e. The number of hydrogen-bond donors (Lipinski definition) is 1. The Kier molecular flexibility index (Phi) is 4.55.